The number of benzene rings is 1. The van der Waals surface area contributed by atoms with Gasteiger partial charge < -0.3 is 4.42 Å². The number of oxazole rings is 1. The Kier molecular flexibility index (Phi) is 2.77. The highest BCUT2D eigenvalue weighted by Gasteiger charge is 2.15. The fourth-order valence-electron chi connectivity index (χ4n) is 2.43. The molecule has 0 unspecified atom stereocenters. The molecule has 0 saturated carbocycles. The van der Waals surface area contributed by atoms with E-state index in [1.807, 2.05) is 6.92 Å². The van der Waals surface area contributed by atoms with E-state index in [0.717, 1.165) is 6.54 Å². The molecule has 0 aliphatic heterocycles. The first-order valence-corrected chi connectivity index (χ1v) is 7.05. The fraction of sp³-hybridized carbons (Fsp3) is 0.143. The maximum absolute atomic E-state index is 11.4. The number of nitrogens with one attached hydrogen (secondary N) is 1. The van der Waals surface area contributed by atoms with E-state index in [4.69, 9.17) is 16.0 Å². The maximum Gasteiger partial charge on any atom is 0.417 e. The molecule has 0 aliphatic carbocycles. The van der Waals surface area contributed by atoms with Gasteiger partial charge in [-0.15, -0.1) is 0 Å². The minimum Gasteiger partial charge on any atom is -0.407 e. The molecule has 0 bridgehead atoms. The van der Waals surface area contributed by atoms with Gasteiger partial charge in [0.2, 0.25) is 0 Å². The lowest BCUT2D eigenvalue weighted by Gasteiger charge is -2.03. The number of H-pyrrole nitrogens is 1. The summed E-state index contributed by atoms with van der Waals surface area (Å²) in [7, 11) is 0. The van der Waals surface area contributed by atoms with Crippen LogP contribution in [0, 0.1) is 0 Å². The molecule has 0 spiro atoms. The van der Waals surface area contributed by atoms with Crippen LogP contribution in [0.15, 0.2) is 33.7 Å². The Morgan fingerprint density at radius 2 is 2.23 bits per heavy atom. The number of nitrogens with zero attached hydrogens (tertiary/aromatic N) is 4. The molecule has 0 radical (unpaired) electrons. The van der Waals surface area contributed by atoms with Gasteiger partial charge in [0.1, 0.15) is 11.0 Å². The first-order chi connectivity index (χ1) is 10.7. The largest absolute Gasteiger partial charge is 0.417 e. The van der Waals surface area contributed by atoms with Crippen molar-refractivity contribution in [3.8, 4) is 11.3 Å². The summed E-state index contributed by atoms with van der Waals surface area (Å²) >= 11 is 6.07. The van der Waals surface area contributed by atoms with Crippen molar-refractivity contribution in [1.82, 2.24) is 24.7 Å². The number of aromatic nitrogens is 5. The molecular formula is C14H10ClN5O2. The molecular weight excluding hydrogens is 306 g/mol. The van der Waals surface area contributed by atoms with Crippen LogP contribution in [0.1, 0.15) is 6.92 Å². The SMILES string of the molecule is CCn1ncc2nc(-c3ccc(Cl)c4[nH]c(=O)oc34)cnc21. The van der Waals surface area contributed by atoms with Crippen molar-refractivity contribution in [3.63, 3.8) is 0 Å². The van der Waals surface area contributed by atoms with Crippen molar-refractivity contribution < 1.29 is 4.42 Å². The number of hydrogen-bond acceptors (Lipinski definition) is 5. The summed E-state index contributed by atoms with van der Waals surface area (Å²) in [4.78, 5) is 23.0. The summed E-state index contributed by atoms with van der Waals surface area (Å²) in [5.74, 6) is -0.558. The van der Waals surface area contributed by atoms with Gasteiger partial charge in [0.15, 0.2) is 11.2 Å². The lowest BCUT2D eigenvalue weighted by Crippen LogP contribution is -1.97. The molecule has 0 amide bonds. The van der Waals surface area contributed by atoms with E-state index in [0.29, 0.717) is 38.5 Å². The summed E-state index contributed by atoms with van der Waals surface area (Å²) in [6.07, 6.45) is 3.29. The molecule has 4 aromatic rings. The van der Waals surface area contributed by atoms with E-state index >= 15 is 0 Å². The molecule has 0 aliphatic rings. The fourth-order valence-corrected chi connectivity index (χ4v) is 2.62. The summed E-state index contributed by atoms with van der Waals surface area (Å²) in [6, 6.07) is 3.44. The van der Waals surface area contributed by atoms with E-state index in [2.05, 4.69) is 20.1 Å². The van der Waals surface area contributed by atoms with Crippen LogP contribution in [0.25, 0.3) is 33.5 Å². The second kappa shape index (κ2) is 4.67. The molecule has 0 saturated heterocycles. The molecule has 8 heteroatoms. The normalized spacial score (nSPS) is 11.5. The summed E-state index contributed by atoms with van der Waals surface area (Å²) < 4.78 is 6.95. The highest BCUT2D eigenvalue weighted by Crippen LogP contribution is 2.30. The Hall–Kier alpha value is -2.67. The molecule has 3 heterocycles. The lowest BCUT2D eigenvalue weighted by molar-refractivity contribution is 0.556. The third kappa shape index (κ3) is 1.82. The van der Waals surface area contributed by atoms with Gasteiger partial charge in [0.25, 0.3) is 0 Å². The molecule has 0 fully saturated rings. The Labute approximate surface area is 128 Å². The second-order valence-electron chi connectivity index (χ2n) is 4.74. The molecule has 110 valence electrons. The zero-order valence-electron chi connectivity index (χ0n) is 11.5. The number of aryl methyl sites for hydroxylation is 1. The van der Waals surface area contributed by atoms with Crippen molar-refractivity contribution in [1.29, 1.82) is 0 Å². The predicted octanol–water partition coefficient (Wildman–Crippen LogP) is 2.60. The van der Waals surface area contributed by atoms with Crippen LogP contribution in [-0.2, 0) is 6.54 Å². The monoisotopic (exact) mass is 315 g/mol. The van der Waals surface area contributed by atoms with Gasteiger partial charge in [-0.2, -0.15) is 5.10 Å². The quantitative estimate of drug-likeness (QED) is 0.614. The van der Waals surface area contributed by atoms with Crippen LogP contribution in [0.3, 0.4) is 0 Å². The first-order valence-electron chi connectivity index (χ1n) is 6.67. The van der Waals surface area contributed by atoms with Crippen LogP contribution < -0.4 is 5.76 Å². The van der Waals surface area contributed by atoms with Gasteiger partial charge in [-0.3, -0.25) is 4.98 Å². The van der Waals surface area contributed by atoms with Crippen molar-refractivity contribution in [2.24, 2.45) is 0 Å². The van der Waals surface area contributed by atoms with Gasteiger partial charge >= 0.3 is 5.76 Å². The Balaban J connectivity index is 1.99. The Morgan fingerprint density at radius 1 is 1.36 bits per heavy atom. The van der Waals surface area contributed by atoms with Crippen molar-refractivity contribution in [2.75, 3.05) is 0 Å². The van der Waals surface area contributed by atoms with E-state index in [1.165, 1.54) is 0 Å². The first kappa shape index (κ1) is 13.0. The van der Waals surface area contributed by atoms with Gasteiger partial charge in [0.05, 0.1) is 23.1 Å². The summed E-state index contributed by atoms with van der Waals surface area (Å²) in [6.45, 7) is 2.70. The average molecular weight is 316 g/mol. The summed E-state index contributed by atoms with van der Waals surface area (Å²) in [5.41, 5.74) is 3.46. The number of hydrogen-bond donors (Lipinski definition) is 1. The van der Waals surface area contributed by atoms with Gasteiger partial charge in [0, 0.05) is 12.1 Å². The highest BCUT2D eigenvalue weighted by atomic mass is 35.5. The second-order valence-corrected chi connectivity index (χ2v) is 5.15. The molecule has 22 heavy (non-hydrogen) atoms. The van der Waals surface area contributed by atoms with Crippen molar-refractivity contribution in [3.05, 3.63) is 40.1 Å². The van der Waals surface area contributed by atoms with E-state index < -0.39 is 5.76 Å². The maximum atomic E-state index is 11.4. The van der Waals surface area contributed by atoms with E-state index in [1.54, 1.807) is 29.2 Å². The zero-order chi connectivity index (χ0) is 15.3. The standard InChI is InChI=1S/C14H10ClN5O2/c1-2-20-13-10(6-17-20)18-9(5-16-13)7-3-4-8(15)11-12(7)22-14(21)19-11/h3-6H,2H2,1H3,(H,19,21). The number of halogens is 1. The Bertz CT molecular complexity index is 1060. The van der Waals surface area contributed by atoms with Crippen LogP contribution >= 0.6 is 11.6 Å². The van der Waals surface area contributed by atoms with Gasteiger partial charge in [-0.25, -0.2) is 19.4 Å². The minimum absolute atomic E-state index is 0.369. The molecule has 3 aromatic heterocycles. The van der Waals surface area contributed by atoms with E-state index in [-0.39, 0.29) is 0 Å². The van der Waals surface area contributed by atoms with Crippen molar-refractivity contribution in [2.45, 2.75) is 13.5 Å². The van der Waals surface area contributed by atoms with Crippen LogP contribution in [0.2, 0.25) is 5.02 Å². The third-order valence-electron chi connectivity index (χ3n) is 3.45. The molecule has 0 atom stereocenters. The molecule has 7 nitrogen and oxygen atoms in total. The van der Waals surface area contributed by atoms with Crippen LogP contribution in [-0.4, -0.2) is 24.7 Å². The third-order valence-corrected chi connectivity index (χ3v) is 3.76. The topological polar surface area (TPSA) is 89.6 Å². The van der Waals surface area contributed by atoms with Crippen LogP contribution in [0.5, 0.6) is 0 Å². The van der Waals surface area contributed by atoms with Crippen molar-refractivity contribution >= 4 is 33.9 Å². The Morgan fingerprint density at radius 3 is 3.05 bits per heavy atom. The average Bonchev–Trinajstić information content (AvgIpc) is 3.10. The predicted molar refractivity (Wildman–Crippen MR) is 81.8 cm³/mol. The van der Waals surface area contributed by atoms with E-state index in [9.17, 15) is 4.79 Å². The zero-order valence-corrected chi connectivity index (χ0v) is 12.3. The minimum atomic E-state index is -0.558. The number of rotatable bonds is 2. The molecule has 1 aromatic carbocycles. The number of aromatic amines is 1. The van der Waals surface area contributed by atoms with Crippen LogP contribution in [0.4, 0.5) is 0 Å². The number of fused-ring (bicyclic) bond motifs is 2. The smallest absolute Gasteiger partial charge is 0.407 e. The lowest BCUT2D eigenvalue weighted by atomic mass is 10.1. The van der Waals surface area contributed by atoms with Gasteiger partial charge in [-0.05, 0) is 19.1 Å². The molecule has 4 rings (SSSR count). The molecule has 1 N–H and O–H groups in total. The van der Waals surface area contributed by atoms with Gasteiger partial charge in [-0.1, -0.05) is 11.6 Å². The highest BCUT2D eigenvalue weighted by molar-refractivity contribution is 6.35. The summed E-state index contributed by atoms with van der Waals surface area (Å²) in [5, 5.41) is 4.63.